The number of ketones is 1. The van der Waals surface area contributed by atoms with Crippen LogP contribution in [0.2, 0.25) is 0 Å². The van der Waals surface area contributed by atoms with E-state index in [0.29, 0.717) is 30.0 Å². The minimum absolute atomic E-state index is 0.0522. The highest BCUT2D eigenvalue weighted by Gasteiger charge is 2.57. The van der Waals surface area contributed by atoms with E-state index < -0.39 is 0 Å². The zero-order valence-electron chi connectivity index (χ0n) is 17.9. The lowest BCUT2D eigenvalue weighted by molar-refractivity contribution is -0.120. The number of nitrogens with zero attached hydrogens (tertiary/aromatic N) is 1. The van der Waals surface area contributed by atoms with Crippen molar-refractivity contribution in [2.75, 3.05) is 19.0 Å². The first-order chi connectivity index (χ1) is 14.0. The van der Waals surface area contributed by atoms with Crippen molar-refractivity contribution in [2.24, 2.45) is 29.1 Å². The molecule has 3 heteroatoms. The van der Waals surface area contributed by atoms with Gasteiger partial charge in [-0.1, -0.05) is 23.8 Å². The van der Waals surface area contributed by atoms with E-state index in [1.54, 1.807) is 0 Å². The molecule has 0 amide bonds. The SMILES string of the molecule is CN(C)c1ccc(C[C@]23CC[C@H]4[C@@H](CC=C5CC(=O)CC[C@@H]54)[C@@H]2CC[C@@H]3O)cc1. The van der Waals surface area contributed by atoms with Crippen LogP contribution in [0.4, 0.5) is 5.69 Å². The Kier molecular flexibility index (Phi) is 4.85. The molecule has 3 nitrogen and oxygen atoms in total. The van der Waals surface area contributed by atoms with Crippen molar-refractivity contribution in [1.82, 2.24) is 0 Å². The van der Waals surface area contributed by atoms with E-state index in [-0.39, 0.29) is 11.5 Å². The molecule has 4 aliphatic rings. The second kappa shape index (κ2) is 7.27. The first kappa shape index (κ1) is 19.4. The van der Waals surface area contributed by atoms with Gasteiger partial charge in [-0.05, 0) is 86.3 Å². The summed E-state index contributed by atoms with van der Waals surface area (Å²) in [6.45, 7) is 0. The number of hydrogen-bond acceptors (Lipinski definition) is 3. The van der Waals surface area contributed by atoms with Crippen molar-refractivity contribution >= 4 is 11.5 Å². The van der Waals surface area contributed by atoms with Gasteiger partial charge in [0.15, 0.2) is 0 Å². The Morgan fingerprint density at radius 2 is 1.86 bits per heavy atom. The topological polar surface area (TPSA) is 40.5 Å². The molecule has 3 fully saturated rings. The maximum Gasteiger partial charge on any atom is 0.136 e. The Morgan fingerprint density at radius 1 is 1.07 bits per heavy atom. The molecule has 0 spiro atoms. The number of Topliss-reactive ketones (excluding diaryl/α,β-unsaturated/α-hetero) is 1. The largest absolute Gasteiger partial charge is 0.393 e. The number of allylic oxidation sites excluding steroid dienone is 2. The lowest BCUT2D eigenvalue weighted by Gasteiger charge is -2.54. The smallest absolute Gasteiger partial charge is 0.136 e. The van der Waals surface area contributed by atoms with Gasteiger partial charge in [0.05, 0.1) is 6.10 Å². The van der Waals surface area contributed by atoms with Crippen molar-refractivity contribution in [2.45, 2.75) is 63.9 Å². The Morgan fingerprint density at radius 3 is 2.62 bits per heavy atom. The maximum absolute atomic E-state index is 11.9. The predicted molar refractivity (Wildman–Crippen MR) is 117 cm³/mol. The first-order valence-corrected chi connectivity index (χ1v) is 11.6. The zero-order valence-corrected chi connectivity index (χ0v) is 17.9. The minimum Gasteiger partial charge on any atom is -0.393 e. The number of carbonyl (C=O) groups excluding carboxylic acids is 1. The summed E-state index contributed by atoms with van der Waals surface area (Å²) in [6.07, 6.45) is 11.5. The molecule has 1 N–H and O–H groups in total. The Balaban J connectivity index is 1.41. The fraction of sp³-hybridized carbons (Fsp3) is 0.654. The Labute approximate surface area is 175 Å². The molecule has 3 saturated carbocycles. The third-order valence-corrected chi connectivity index (χ3v) is 8.93. The van der Waals surface area contributed by atoms with E-state index in [9.17, 15) is 9.90 Å². The molecule has 0 unspecified atom stereocenters. The van der Waals surface area contributed by atoms with Gasteiger partial charge in [-0.3, -0.25) is 4.79 Å². The van der Waals surface area contributed by atoms with Gasteiger partial charge in [-0.2, -0.15) is 0 Å². The summed E-state index contributed by atoms with van der Waals surface area (Å²) in [4.78, 5) is 14.1. The predicted octanol–water partition coefficient (Wildman–Crippen LogP) is 4.78. The molecule has 0 bridgehead atoms. The van der Waals surface area contributed by atoms with Gasteiger partial charge in [0.25, 0.3) is 0 Å². The van der Waals surface area contributed by atoms with Crippen LogP contribution in [0.5, 0.6) is 0 Å². The minimum atomic E-state index is -0.166. The van der Waals surface area contributed by atoms with Gasteiger partial charge < -0.3 is 10.0 Å². The number of aliphatic hydroxyl groups is 1. The second-order valence-corrected chi connectivity index (χ2v) is 10.4. The fourth-order valence-electron chi connectivity index (χ4n) is 7.52. The average molecular weight is 394 g/mol. The van der Waals surface area contributed by atoms with E-state index in [1.807, 2.05) is 0 Å². The second-order valence-electron chi connectivity index (χ2n) is 10.4. The van der Waals surface area contributed by atoms with Crippen LogP contribution in [0.15, 0.2) is 35.9 Å². The van der Waals surface area contributed by atoms with Crippen LogP contribution in [0.1, 0.15) is 56.9 Å². The summed E-state index contributed by atoms with van der Waals surface area (Å²) < 4.78 is 0. The molecule has 0 heterocycles. The van der Waals surface area contributed by atoms with E-state index in [1.165, 1.54) is 29.7 Å². The van der Waals surface area contributed by atoms with Crippen molar-refractivity contribution in [1.29, 1.82) is 0 Å². The number of rotatable bonds is 3. The number of carbonyl (C=O) groups is 1. The average Bonchev–Trinajstić information content (AvgIpc) is 3.04. The molecule has 6 atom stereocenters. The first-order valence-electron chi connectivity index (χ1n) is 11.6. The highest BCUT2D eigenvalue weighted by atomic mass is 16.3. The summed E-state index contributed by atoms with van der Waals surface area (Å²) in [7, 11) is 4.16. The molecular formula is C26H35NO2. The van der Waals surface area contributed by atoms with E-state index in [0.717, 1.165) is 44.4 Å². The quantitative estimate of drug-likeness (QED) is 0.752. The van der Waals surface area contributed by atoms with E-state index in [2.05, 4.69) is 49.3 Å². The summed E-state index contributed by atoms with van der Waals surface area (Å²) in [5.41, 5.74) is 4.11. The van der Waals surface area contributed by atoms with E-state index >= 15 is 0 Å². The molecule has 5 rings (SSSR count). The Bertz CT molecular complexity index is 811. The van der Waals surface area contributed by atoms with Crippen LogP contribution in [0.3, 0.4) is 0 Å². The van der Waals surface area contributed by atoms with Gasteiger partial charge in [0, 0.05) is 38.0 Å². The highest BCUT2D eigenvalue weighted by molar-refractivity contribution is 5.82. The van der Waals surface area contributed by atoms with Gasteiger partial charge in [0.2, 0.25) is 0 Å². The normalized spacial score (nSPS) is 38.7. The summed E-state index contributed by atoms with van der Waals surface area (Å²) in [5.74, 6) is 3.14. The van der Waals surface area contributed by atoms with Crippen molar-refractivity contribution in [3.8, 4) is 0 Å². The van der Waals surface area contributed by atoms with Crippen LogP contribution in [-0.2, 0) is 11.2 Å². The van der Waals surface area contributed by atoms with Crippen molar-refractivity contribution < 1.29 is 9.90 Å². The van der Waals surface area contributed by atoms with Gasteiger partial charge in [-0.25, -0.2) is 0 Å². The molecule has 156 valence electrons. The number of benzene rings is 1. The molecule has 29 heavy (non-hydrogen) atoms. The third-order valence-electron chi connectivity index (χ3n) is 8.93. The van der Waals surface area contributed by atoms with Crippen LogP contribution < -0.4 is 4.90 Å². The number of hydrogen-bond donors (Lipinski definition) is 1. The lowest BCUT2D eigenvalue weighted by Crippen LogP contribution is -2.49. The van der Waals surface area contributed by atoms with Gasteiger partial charge >= 0.3 is 0 Å². The molecule has 0 aliphatic heterocycles. The van der Waals surface area contributed by atoms with Crippen molar-refractivity contribution in [3.05, 3.63) is 41.5 Å². The van der Waals surface area contributed by atoms with Crippen LogP contribution in [-0.4, -0.2) is 31.1 Å². The number of aliphatic hydroxyl groups excluding tert-OH is 1. The van der Waals surface area contributed by atoms with Gasteiger partial charge in [-0.15, -0.1) is 0 Å². The summed E-state index contributed by atoms with van der Waals surface area (Å²) in [5, 5.41) is 11.2. The van der Waals surface area contributed by atoms with E-state index in [4.69, 9.17) is 0 Å². The molecular weight excluding hydrogens is 358 g/mol. The number of fused-ring (bicyclic) bond motifs is 5. The third kappa shape index (κ3) is 3.17. The molecule has 0 aromatic heterocycles. The molecule has 0 saturated heterocycles. The van der Waals surface area contributed by atoms with Crippen LogP contribution in [0, 0.1) is 29.1 Å². The fourth-order valence-corrected chi connectivity index (χ4v) is 7.52. The molecule has 0 radical (unpaired) electrons. The Hall–Kier alpha value is -1.61. The molecule has 1 aromatic rings. The molecule has 4 aliphatic carbocycles. The zero-order chi connectivity index (χ0) is 20.2. The standard InChI is InChI=1S/C26H35NO2/c1-27(2)19-6-3-17(4-7-19)16-26-14-13-22-21-10-8-20(28)15-18(21)5-9-23(22)24(26)11-12-25(26)29/h3-7,21-25,29H,8-16H2,1-2H3/t21-,22+,23+,24-,25-,26+/m0/s1. The lowest BCUT2D eigenvalue weighted by atomic mass is 9.51. The van der Waals surface area contributed by atoms with Crippen LogP contribution in [0.25, 0.3) is 0 Å². The van der Waals surface area contributed by atoms with Gasteiger partial charge in [0.1, 0.15) is 5.78 Å². The van der Waals surface area contributed by atoms with Crippen molar-refractivity contribution in [3.63, 3.8) is 0 Å². The van der Waals surface area contributed by atoms with Crippen LogP contribution >= 0.6 is 0 Å². The molecule has 1 aromatic carbocycles. The summed E-state index contributed by atoms with van der Waals surface area (Å²) in [6, 6.07) is 8.96. The number of anilines is 1. The summed E-state index contributed by atoms with van der Waals surface area (Å²) >= 11 is 0. The maximum atomic E-state index is 11.9. The highest BCUT2D eigenvalue weighted by Crippen LogP contribution is 2.62. The monoisotopic (exact) mass is 393 g/mol.